The first kappa shape index (κ1) is 15.7. The van der Waals surface area contributed by atoms with Crippen LogP contribution < -0.4 is 5.32 Å². The summed E-state index contributed by atoms with van der Waals surface area (Å²) in [6, 6.07) is 8.44. The van der Waals surface area contributed by atoms with E-state index in [-0.39, 0.29) is 11.8 Å². The van der Waals surface area contributed by atoms with E-state index in [0.29, 0.717) is 13.0 Å². The molecule has 0 aliphatic heterocycles. The summed E-state index contributed by atoms with van der Waals surface area (Å²) in [6.07, 6.45) is 7.32. The third-order valence-corrected chi connectivity index (χ3v) is 4.37. The van der Waals surface area contributed by atoms with Crippen molar-refractivity contribution < 1.29 is 8.42 Å². The zero-order chi connectivity index (χ0) is 15.3. The van der Waals surface area contributed by atoms with Crippen molar-refractivity contribution in [2.24, 2.45) is 0 Å². The van der Waals surface area contributed by atoms with E-state index in [1.165, 1.54) is 11.8 Å². The van der Waals surface area contributed by atoms with Gasteiger partial charge in [-0.3, -0.25) is 0 Å². The van der Waals surface area contributed by atoms with Crippen LogP contribution in [0.4, 0.5) is 0 Å². The van der Waals surface area contributed by atoms with Crippen molar-refractivity contribution in [1.82, 2.24) is 14.9 Å². The number of nitrogens with one attached hydrogen (secondary N) is 1. The Kier molecular flexibility index (Phi) is 5.14. The van der Waals surface area contributed by atoms with E-state index in [4.69, 9.17) is 0 Å². The molecule has 1 atom stereocenters. The third kappa shape index (κ3) is 4.99. The molecule has 1 aromatic carbocycles. The fourth-order valence-corrected chi connectivity index (χ4v) is 2.79. The summed E-state index contributed by atoms with van der Waals surface area (Å²) in [5.74, 6) is 0.228. The Balaban J connectivity index is 1.87. The Morgan fingerprint density at radius 2 is 2.00 bits per heavy atom. The molecule has 0 bridgehead atoms. The molecule has 0 spiro atoms. The first-order valence-electron chi connectivity index (χ1n) is 6.95. The highest BCUT2D eigenvalue weighted by Crippen LogP contribution is 2.15. The number of aromatic nitrogens is 2. The molecule has 0 radical (unpaired) electrons. The van der Waals surface area contributed by atoms with Gasteiger partial charge in [-0.25, -0.2) is 13.4 Å². The van der Waals surface area contributed by atoms with E-state index in [2.05, 4.69) is 29.4 Å². The molecule has 0 saturated carbocycles. The van der Waals surface area contributed by atoms with E-state index < -0.39 is 9.84 Å². The van der Waals surface area contributed by atoms with Crippen molar-refractivity contribution in [3.8, 4) is 5.69 Å². The number of benzene rings is 1. The van der Waals surface area contributed by atoms with Crippen LogP contribution in [0.5, 0.6) is 0 Å². The second-order valence-corrected chi connectivity index (χ2v) is 7.48. The van der Waals surface area contributed by atoms with Crippen LogP contribution in [0.15, 0.2) is 43.0 Å². The Labute approximate surface area is 125 Å². The van der Waals surface area contributed by atoms with Crippen LogP contribution >= 0.6 is 0 Å². The maximum absolute atomic E-state index is 11.1. The fourth-order valence-electron chi connectivity index (χ4n) is 2.12. The monoisotopic (exact) mass is 307 g/mol. The van der Waals surface area contributed by atoms with Gasteiger partial charge < -0.3 is 9.88 Å². The van der Waals surface area contributed by atoms with Gasteiger partial charge in [0.05, 0.1) is 12.1 Å². The van der Waals surface area contributed by atoms with E-state index in [1.54, 1.807) is 12.5 Å². The van der Waals surface area contributed by atoms with Crippen LogP contribution in [0.2, 0.25) is 0 Å². The van der Waals surface area contributed by atoms with Crippen LogP contribution in [-0.4, -0.2) is 36.5 Å². The summed E-state index contributed by atoms with van der Waals surface area (Å²) < 4.78 is 24.1. The zero-order valence-electron chi connectivity index (χ0n) is 12.4. The lowest BCUT2D eigenvalue weighted by Crippen LogP contribution is -2.21. The molecule has 0 amide bonds. The molecule has 1 aromatic heterocycles. The Bertz CT molecular complexity index is 649. The number of nitrogens with zero attached hydrogens (tertiary/aromatic N) is 2. The third-order valence-electron chi connectivity index (χ3n) is 3.34. The number of hydrogen-bond acceptors (Lipinski definition) is 4. The van der Waals surface area contributed by atoms with E-state index in [9.17, 15) is 8.42 Å². The molecule has 1 N–H and O–H groups in total. The predicted octanol–water partition coefficient (Wildman–Crippen LogP) is 1.96. The van der Waals surface area contributed by atoms with E-state index >= 15 is 0 Å². The zero-order valence-corrected chi connectivity index (χ0v) is 13.2. The molecule has 1 unspecified atom stereocenters. The van der Waals surface area contributed by atoms with E-state index in [1.807, 2.05) is 22.9 Å². The average molecular weight is 307 g/mol. The average Bonchev–Trinajstić information content (AvgIpc) is 2.96. The lowest BCUT2D eigenvalue weighted by atomic mass is 10.1. The molecule has 21 heavy (non-hydrogen) atoms. The summed E-state index contributed by atoms with van der Waals surface area (Å²) in [5, 5.41) is 3.34. The molecule has 2 aromatic rings. The normalized spacial score (nSPS) is 13.2. The van der Waals surface area contributed by atoms with Crippen molar-refractivity contribution in [2.45, 2.75) is 19.4 Å². The minimum Gasteiger partial charge on any atom is -0.310 e. The van der Waals surface area contributed by atoms with Gasteiger partial charge in [-0.1, -0.05) is 12.1 Å². The molecule has 2 rings (SSSR count). The number of hydrogen-bond donors (Lipinski definition) is 1. The molecule has 0 fully saturated rings. The summed E-state index contributed by atoms with van der Waals surface area (Å²) in [4.78, 5) is 4.03. The Morgan fingerprint density at radius 3 is 2.57 bits per heavy atom. The number of imidazole rings is 1. The van der Waals surface area contributed by atoms with Gasteiger partial charge in [0.15, 0.2) is 0 Å². The Hall–Kier alpha value is -1.66. The Morgan fingerprint density at radius 1 is 1.29 bits per heavy atom. The molecule has 114 valence electrons. The molecule has 0 aliphatic rings. The molecule has 5 nitrogen and oxygen atoms in total. The van der Waals surface area contributed by atoms with Gasteiger partial charge in [0.25, 0.3) is 0 Å². The van der Waals surface area contributed by atoms with Gasteiger partial charge in [0.1, 0.15) is 9.84 Å². The largest absolute Gasteiger partial charge is 0.310 e. The van der Waals surface area contributed by atoms with Gasteiger partial charge in [0.2, 0.25) is 0 Å². The molecule has 6 heteroatoms. The smallest absolute Gasteiger partial charge is 0.147 e. The summed E-state index contributed by atoms with van der Waals surface area (Å²) in [7, 11) is -2.87. The molecule has 0 aliphatic carbocycles. The summed E-state index contributed by atoms with van der Waals surface area (Å²) in [5.41, 5.74) is 2.25. The second-order valence-electron chi connectivity index (χ2n) is 5.22. The summed E-state index contributed by atoms with van der Waals surface area (Å²) in [6.45, 7) is 2.77. The lowest BCUT2D eigenvalue weighted by molar-refractivity contribution is 0.562. The van der Waals surface area contributed by atoms with Crippen LogP contribution in [-0.2, 0) is 9.84 Å². The van der Waals surface area contributed by atoms with Crippen LogP contribution in [0.1, 0.15) is 24.9 Å². The second kappa shape index (κ2) is 6.87. The van der Waals surface area contributed by atoms with E-state index in [0.717, 1.165) is 5.69 Å². The van der Waals surface area contributed by atoms with Crippen molar-refractivity contribution in [3.05, 3.63) is 48.5 Å². The maximum Gasteiger partial charge on any atom is 0.147 e. The minimum atomic E-state index is -2.87. The highest BCUT2D eigenvalue weighted by Gasteiger charge is 2.06. The number of sulfone groups is 1. The first-order valence-corrected chi connectivity index (χ1v) is 9.01. The topological polar surface area (TPSA) is 64.0 Å². The highest BCUT2D eigenvalue weighted by molar-refractivity contribution is 7.90. The standard InChI is InChI=1S/C15H21N3O2S/c1-13(17-8-3-11-21(2,19)20)14-4-6-15(7-5-14)18-10-9-16-12-18/h4-7,9-10,12-13,17H,3,8,11H2,1-2H3. The van der Waals surface area contributed by atoms with Gasteiger partial charge in [0, 0.05) is 30.4 Å². The lowest BCUT2D eigenvalue weighted by Gasteiger charge is -2.14. The van der Waals surface area contributed by atoms with Crippen molar-refractivity contribution in [1.29, 1.82) is 0 Å². The highest BCUT2D eigenvalue weighted by atomic mass is 32.2. The number of rotatable bonds is 7. The van der Waals surface area contributed by atoms with Gasteiger partial charge in [-0.05, 0) is 37.6 Å². The minimum absolute atomic E-state index is 0.196. The quantitative estimate of drug-likeness (QED) is 0.794. The maximum atomic E-state index is 11.1. The molecule has 0 saturated heterocycles. The molecular formula is C15H21N3O2S. The van der Waals surface area contributed by atoms with Crippen molar-refractivity contribution in [3.63, 3.8) is 0 Å². The summed E-state index contributed by atoms with van der Waals surface area (Å²) >= 11 is 0. The predicted molar refractivity (Wildman–Crippen MR) is 84.3 cm³/mol. The first-order chi connectivity index (χ1) is 9.96. The fraction of sp³-hybridized carbons (Fsp3) is 0.400. The van der Waals surface area contributed by atoms with Crippen LogP contribution in [0, 0.1) is 0 Å². The van der Waals surface area contributed by atoms with Gasteiger partial charge >= 0.3 is 0 Å². The SMILES string of the molecule is CC(NCCCS(C)(=O)=O)c1ccc(-n2ccnc2)cc1. The van der Waals surface area contributed by atoms with Gasteiger partial charge in [-0.2, -0.15) is 0 Å². The van der Waals surface area contributed by atoms with Gasteiger partial charge in [-0.15, -0.1) is 0 Å². The van der Waals surface area contributed by atoms with Crippen LogP contribution in [0.3, 0.4) is 0 Å². The molecule has 1 heterocycles. The van der Waals surface area contributed by atoms with Crippen molar-refractivity contribution >= 4 is 9.84 Å². The van der Waals surface area contributed by atoms with Crippen LogP contribution in [0.25, 0.3) is 5.69 Å². The van der Waals surface area contributed by atoms with Crippen molar-refractivity contribution in [2.75, 3.05) is 18.6 Å². The molecular weight excluding hydrogens is 286 g/mol.